The number of nitrogens with zero attached hydrogens (tertiary/aromatic N) is 2. The Morgan fingerprint density at radius 3 is 2.39 bits per heavy atom. The first-order valence-corrected chi connectivity index (χ1v) is 11.1. The van der Waals surface area contributed by atoms with E-state index in [0.717, 1.165) is 25.7 Å². The van der Waals surface area contributed by atoms with Crippen molar-refractivity contribution in [2.45, 2.75) is 38.3 Å². The van der Waals surface area contributed by atoms with E-state index < -0.39 is 17.7 Å². The third kappa shape index (κ3) is 3.93. The zero-order valence-corrected chi connectivity index (χ0v) is 18.0. The summed E-state index contributed by atoms with van der Waals surface area (Å²) in [6.07, 6.45) is 7.36. The largest absolute Gasteiger partial charge is 0.507 e. The minimum atomic E-state index is -0.769. The lowest BCUT2D eigenvalue weighted by Crippen LogP contribution is -2.29. The predicted octanol–water partition coefficient (Wildman–Crippen LogP) is 4.72. The Labute approximate surface area is 191 Å². The van der Waals surface area contributed by atoms with Gasteiger partial charge in [-0.2, -0.15) is 0 Å². The summed E-state index contributed by atoms with van der Waals surface area (Å²) in [5.41, 5.74) is 4.39. The lowest BCUT2D eigenvalue weighted by molar-refractivity contribution is -0.140. The highest BCUT2D eigenvalue weighted by atomic mass is 19.1. The van der Waals surface area contributed by atoms with Crippen molar-refractivity contribution in [1.82, 2.24) is 9.88 Å². The van der Waals surface area contributed by atoms with Gasteiger partial charge in [-0.05, 0) is 78.3 Å². The molecule has 5 nitrogen and oxygen atoms in total. The molecule has 2 aromatic carbocycles. The van der Waals surface area contributed by atoms with Crippen molar-refractivity contribution in [3.8, 4) is 0 Å². The van der Waals surface area contributed by atoms with Crippen molar-refractivity contribution in [1.29, 1.82) is 0 Å². The first kappa shape index (κ1) is 21.1. The second-order valence-electron chi connectivity index (χ2n) is 8.52. The van der Waals surface area contributed by atoms with Gasteiger partial charge in [0.2, 0.25) is 0 Å². The zero-order valence-electron chi connectivity index (χ0n) is 18.0. The van der Waals surface area contributed by atoms with Crippen LogP contribution in [-0.2, 0) is 29.0 Å². The van der Waals surface area contributed by atoms with Gasteiger partial charge in [-0.25, -0.2) is 4.39 Å². The number of hydrogen-bond donors (Lipinski definition) is 1. The van der Waals surface area contributed by atoms with Crippen LogP contribution < -0.4 is 0 Å². The van der Waals surface area contributed by atoms with E-state index >= 15 is 0 Å². The van der Waals surface area contributed by atoms with Gasteiger partial charge in [-0.15, -0.1) is 0 Å². The van der Waals surface area contributed by atoms with E-state index in [9.17, 15) is 19.1 Å². The number of fused-ring (bicyclic) bond motifs is 1. The Kier molecular flexibility index (Phi) is 5.50. The van der Waals surface area contributed by atoms with E-state index in [1.165, 1.54) is 28.2 Å². The number of carbonyl (C=O) groups excluding carboxylic acids is 2. The standard InChI is InChI=1S/C27H23FN2O3/c28-22-9-5-17(6-10-22)16-30-24(19-11-13-29-14-12-19)23(26(32)27(30)33)25(31)21-8-7-18-3-1-2-4-20(18)15-21/h5-15,24,31H,1-4,16H2/b25-23-. The molecule has 0 radical (unpaired) electrons. The fourth-order valence-corrected chi connectivity index (χ4v) is 4.76. The molecule has 1 saturated heterocycles. The molecule has 2 aliphatic rings. The SMILES string of the molecule is O=C1C(=O)N(Cc2ccc(F)cc2)C(c2ccncc2)/C1=C(/O)c1ccc2c(c1)CCCC2. The molecule has 1 fully saturated rings. The van der Waals surface area contributed by atoms with Crippen LogP contribution in [0.5, 0.6) is 0 Å². The first-order valence-electron chi connectivity index (χ1n) is 11.1. The van der Waals surface area contributed by atoms with Crippen molar-refractivity contribution >= 4 is 17.4 Å². The number of hydrogen-bond acceptors (Lipinski definition) is 4. The highest BCUT2D eigenvalue weighted by Crippen LogP contribution is 2.40. The minimum Gasteiger partial charge on any atom is -0.507 e. The summed E-state index contributed by atoms with van der Waals surface area (Å²) in [5.74, 6) is -1.97. The highest BCUT2D eigenvalue weighted by Gasteiger charge is 2.46. The molecule has 33 heavy (non-hydrogen) atoms. The summed E-state index contributed by atoms with van der Waals surface area (Å²) in [5, 5.41) is 11.3. The van der Waals surface area contributed by atoms with Gasteiger partial charge in [0.15, 0.2) is 0 Å². The van der Waals surface area contributed by atoms with Crippen molar-refractivity contribution in [3.63, 3.8) is 0 Å². The average Bonchev–Trinajstić information content (AvgIpc) is 3.10. The minimum absolute atomic E-state index is 0.0593. The number of amides is 1. The second kappa shape index (κ2) is 8.62. The van der Waals surface area contributed by atoms with Gasteiger partial charge in [0.1, 0.15) is 11.6 Å². The molecule has 1 N–H and O–H groups in total. The number of aromatic nitrogens is 1. The number of rotatable bonds is 4. The summed E-state index contributed by atoms with van der Waals surface area (Å²) in [6, 6.07) is 14.2. The van der Waals surface area contributed by atoms with Crippen LogP contribution in [0.3, 0.4) is 0 Å². The number of ketones is 1. The molecule has 3 aromatic rings. The van der Waals surface area contributed by atoms with Crippen LogP contribution in [0, 0.1) is 5.82 Å². The predicted molar refractivity (Wildman–Crippen MR) is 122 cm³/mol. The number of carbonyl (C=O) groups is 2. The van der Waals surface area contributed by atoms with E-state index in [1.54, 1.807) is 36.7 Å². The maximum atomic E-state index is 13.4. The molecular weight excluding hydrogens is 419 g/mol. The van der Waals surface area contributed by atoms with E-state index in [1.807, 2.05) is 18.2 Å². The molecule has 6 heteroatoms. The van der Waals surface area contributed by atoms with Crippen molar-refractivity contribution in [3.05, 3.63) is 106 Å². The molecule has 5 rings (SSSR count). The van der Waals surface area contributed by atoms with Crippen LogP contribution in [0.25, 0.3) is 5.76 Å². The van der Waals surface area contributed by atoms with Gasteiger partial charge < -0.3 is 10.0 Å². The topological polar surface area (TPSA) is 70.5 Å². The Morgan fingerprint density at radius 1 is 0.970 bits per heavy atom. The van der Waals surface area contributed by atoms with Gasteiger partial charge in [0.05, 0.1) is 11.6 Å². The molecule has 1 aromatic heterocycles. The average molecular weight is 442 g/mol. The Balaban J connectivity index is 1.61. The maximum Gasteiger partial charge on any atom is 0.295 e. The van der Waals surface area contributed by atoms with Gasteiger partial charge >= 0.3 is 0 Å². The molecule has 166 valence electrons. The smallest absolute Gasteiger partial charge is 0.295 e. The molecule has 0 saturated carbocycles. The summed E-state index contributed by atoms with van der Waals surface area (Å²) < 4.78 is 13.4. The number of aliphatic hydroxyl groups is 1. The van der Waals surface area contributed by atoms with Crippen molar-refractivity contribution < 1.29 is 19.1 Å². The molecule has 1 unspecified atom stereocenters. The molecule has 2 heterocycles. The van der Waals surface area contributed by atoms with E-state index in [0.29, 0.717) is 16.7 Å². The number of benzene rings is 2. The number of halogens is 1. The third-order valence-electron chi connectivity index (χ3n) is 6.45. The van der Waals surface area contributed by atoms with Crippen LogP contribution in [-0.4, -0.2) is 26.7 Å². The molecular formula is C27H23FN2O3. The van der Waals surface area contributed by atoms with Gasteiger partial charge in [0.25, 0.3) is 11.7 Å². The van der Waals surface area contributed by atoms with Gasteiger partial charge in [0, 0.05) is 24.5 Å². The van der Waals surface area contributed by atoms with Crippen LogP contribution in [0.2, 0.25) is 0 Å². The normalized spacial score (nSPS) is 19.5. The van der Waals surface area contributed by atoms with Gasteiger partial charge in [-0.1, -0.05) is 24.3 Å². The van der Waals surface area contributed by atoms with Crippen molar-refractivity contribution in [2.24, 2.45) is 0 Å². The quantitative estimate of drug-likeness (QED) is 0.361. The lowest BCUT2D eigenvalue weighted by atomic mass is 9.89. The third-order valence-corrected chi connectivity index (χ3v) is 6.45. The highest BCUT2D eigenvalue weighted by molar-refractivity contribution is 6.46. The molecule has 1 amide bonds. The Bertz CT molecular complexity index is 1250. The number of Topliss-reactive ketones (excluding diaryl/α,β-unsaturated/α-hetero) is 1. The van der Waals surface area contributed by atoms with Crippen LogP contribution >= 0.6 is 0 Å². The van der Waals surface area contributed by atoms with Crippen LogP contribution in [0.4, 0.5) is 4.39 Å². The summed E-state index contributed by atoms with van der Waals surface area (Å²) in [7, 11) is 0. The molecule has 0 spiro atoms. The van der Waals surface area contributed by atoms with Crippen LogP contribution in [0.15, 0.2) is 72.6 Å². The summed E-state index contributed by atoms with van der Waals surface area (Å²) in [6.45, 7) is 0.110. The zero-order chi connectivity index (χ0) is 22.9. The molecule has 1 atom stereocenters. The van der Waals surface area contributed by atoms with E-state index in [-0.39, 0.29) is 23.7 Å². The number of pyridine rings is 1. The molecule has 1 aliphatic heterocycles. The summed E-state index contributed by atoms with van der Waals surface area (Å²) in [4.78, 5) is 31.7. The van der Waals surface area contributed by atoms with E-state index in [2.05, 4.69) is 4.98 Å². The molecule has 1 aliphatic carbocycles. The fraction of sp³-hybridized carbons (Fsp3) is 0.222. The monoisotopic (exact) mass is 442 g/mol. The Morgan fingerprint density at radius 2 is 1.67 bits per heavy atom. The molecule has 0 bridgehead atoms. The van der Waals surface area contributed by atoms with Crippen LogP contribution in [0.1, 0.15) is 46.7 Å². The summed E-state index contributed by atoms with van der Waals surface area (Å²) >= 11 is 0. The van der Waals surface area contributed by atoms with E-state index in [4.69, 9.17) is 0 Å². The number of aryl methyl sites for hydroxylation is 2. The maximum absolute atomic E-state index is 13.4. The Hall–Kier alpha value is -3.80. The fourth-order valence-electron chi connectivity index (χ4n) is 4.76. The number of likely N-dealkylation sites (tertiary alicyclic amines) is 1. The number of aliphatic hydroxyl groups excluding tert-OH is 1. The lowest BCUT2D eigenvalue weighted by Gasteiger charge is -2.25. The second-order valence-corrected chi connectivity index (χ2v) is 8.52. The van der Waals surface area contributed by atoms with Crippen molar-refractivity contribution in [2.75, 3.05) is 0 Å². The first-order chi connectivity index (χ1) is 16.0. The van der Waals surface area contributed by atoms with Gasteiger partial charge in [-0.3, -0.25) is 14.6 Å².